The number of aromatic nitrogens is 7. The number of fused-ring (bicyclic) bond motifs is 2. The van der Waals surface area contributed by atoms with Gasteiger partial charge in [0, 0.05) is 93.1 Å². The van der Waals surface area contributed by atoms with Crippen LogP contribution in [0.25, 0.3) is 22.1 Å². The summed E-state index contributed by atoms with van der Waals surface area (Å²) in [5, 5.41) is 26.3. The maximum Gasteiger partial charge on any atom is 0.307 e. The Bertz CT molecular complexity index is 4430. The molecule has 10 rings (SSSR count). The number of hydrogen-bond acceptors (Lipinski definition) is 20. The van der Waals surface area contributed by atoms with Crippen LogP contribution in [0.2, 0.25) is 0 Å². The first kappa shape index (κ1) is 71.5. The second kappa shape index (κ2) is 35.3. The second-order valence-corrected chi connectivity index (χ2v) is 21.8. The molecule has 5 aromatic heterocycles. The standard InChI is InChI=1S/C28H30N6O3.C27H26N6O3.C18H22N4O3/c1-4-37-27(35)14-16-34(25-7-5-6-15-30-25)28(36)21-10-13-24-23(17-21)32-26(33(24)3)18-31-22-11-8-20(9-12-22)19(2)29;1-3-36-26(34)13-15-33(24-6-4-5-14-29-24)27(35)20-9-12-23-22(16-20)31-25(32(23)2)18-30-21-10-7-19(17-28)8-11-21;1-3-25-17(23)9-11-22(16-6-4-5-10-21-16)18(24)13-7-8-15(20-2)14(19)12-13/h5-13,15,17,29,31H,4,14,16,18H2,1-3H3;4-12,14,16,30H,3,13,15,18H2,1-2H3;4-8,10,12,20H,3,9,11,19H2,1-2H3. The predicted octanol–water partition coefficient (Wildman–Crippen LogP) is 10.9. The Morgan fingerprint density at radius 1 is 0.520 bits per heavy atom. The topological polar surface area (TPSA) is 324 Å². The molecule has 0 aliphatic rings. The van der Waals surface area contributed by atoms with Crippen LogP contribution in [0.3, 0.4) is 0 Å². The van der Waals surface area contributed by atoms with E-state index < -0.39 is 0 Å². The fourth-order valence-electron chi connectivity index (χ4n) is 10.1. The second-order valence-electron chi connectivity index (χ2n) is 21.8. The van der Waals surface area contributed by atoms with Gasteiger partial charge < -0.3 is 50.4 Å². The van der Waals surface area contributed by atoms with Gasteiger partial charge >= 0.3 is 17.9 Å². The molecule has 98 heavy (non-hydrogen) atoms. The van der Waals surface area contributed by atoms with E-state index in [1.54, 1.807) is 163 Å². The predicted molar refractivity (Wildman–Crippen MR) is 378 cm³/mol. The molecule has 25 heteroatoms. The van der Waals surface area contributed by atoms with Crippen molar-refractivity contribution in [2.24, 2.45) is 14.1 Å². The fourth-order valence-corrected chi connectivity index (χ4v) is 10.1. The molecule has 0 saturated carbocycles. The van der Waals surface area contributed by atoms with E-state index in [0.717, 1.165) is 45.3 Å². The highest BCUT2D eigenvalue weighted by Gasteiger charge is 2.25. The monoisotopic (exact) mass is 1320 g/mol. The van der Waals surface area contributed by atoms with Crippen molar-refractivity contribution in [2.45, 2.75) is 60.0 Å². The summed E-state index contributed by atoms with van der Waals surface area (Å²) in [5.74, 6) is 1.08. The molecule has 0 atom stereocenters. The summed E-state index contributed by atoms with van der Waals surface area (Å²) in [5.41, 5.74) is 15.5. The Hall–Kier alpha value is -12.3. The number of imidazole rings is 2. The SMILES string of the molecule is CCOC(=O)CCN(C(=O)c1ccc(NC)c(N)c1)c1ccccn1.CCOC(=O)CCN(C(=O)c1ccc2c(c1)nc(CNc1ccc(C#N)cc1)n2C)c1ccccn1.CCOC(=O)CCN(C(=O)c1ccc2c(c1)nc(CNc1ccc(C(C)=N)cc1)n2C)c1ccccn1. The molecule has 25 nitrogen and oxygen atoms in total. The number of aryl methyl sites for hydroxylation is 2. The summed E-state index contributed by atoms with van der Waals surface area (Å²) in [6.45, 7) is 9.32. The maximum absolute atomic E-state index is 13.5. The van der Waals surface area contributed by atoms with Crippen molar-refractivity contribution < 1.29 is 43.0 Å². The van der Waals surface area contributed by atoms with Crippen molar-refractivity contribution in [1.29, 1.82) is 10.7 Å². The number of ether oxygens (including phenoxy) is 3. The molecule has 0 spiro atoms. The number of nitrogens with one attached hydrogen (secondary N) is 4. The number of nitriles is 1. The highest BCUT2D eigenvalue weighted by atomic mass is 16.5. The van der Waals surface area contributed by atoms with Crippen LogP contribution in [-0.4, -0.2) is 122 Å². The molecule has 10 aromatic rings. The number of amides is 3. The molecule has 0 fully saturated rings. The molecule has 5 heterocycles. The summed E-state index contributed by atoms with van der Waals surface area (Å²) >= 11 is 0. The van der Waals surface area contributed by atoms with Crippen LogP contribution in [-0.2, 0) is 55.8 Å². The van der Waals surface area contributed by atoms with Crippen LogP contribution >= 0.6 is 0 Å². The third-order valence-electron chi connectivity index (χ3n) is 15.3. The molecule has 0 bridgehead atoms. The van der Waals surface area contributed by atoms with Gasteiger partial charge in [-0.25, -0.2) is 24.9 Å². The molecule has 504 valence electrons. The quantitative estimate of drug-likeness (QED) is 0.0146. The smallest absolute Gasteiger partial charge is 0.307 e. The average molecular weight is 1320 g/mol. The van der Waals surface area contributed by atoms with E-state index in [4.69, 9.17) is 40.6 Å². The summed E-state index contributed by atoms with van der Waals surface area (Å²) in [6, 6.07) is 48.7. The first-order valence-electron chi connectivity index (χ1n) is 31.7. The van der Waals surface area contributed by atoms with Gasteiger partial charge in [-0.15, -0.1) is 0 Å². The first-order chi connectivity index (χ1) is 47.4. The van der Waals surface area contributed by atoms with Crippen LogP contribution in [0.5, 0.6) is 0 Å². The van der Waals surface area contributed by atoms with E-state index in [-0.39, 0.29) is 81.1 Å². The molecule has 5 aromatic carbocycles. The molecule has 3 amide bonds. The number of nitrogens with zero attached hydrogens (tertiary/aromatic N) is 11. The van der Waals surface area contributed by atoms with Gasteiger partial charge in [0.25, 0.3) is 17.7 Å². The van der Waals surface area contributed by atoms with Crippen molar-refractivity contribution in [3.63, 3.8) is 0 Å². The number of anilines is 7. The Kier molecular flexibility index (Phi) is 25.7. The number of esters is 3. The van der Waals surface area contributed by atoms with Gasteiger partial charge in [0.05, 0.1) is 97.2 Å². The van der Waals surface area contributed by atoms with Crippen LogP contribution in [0.15, 0.2) is 176 Å². The molecule has 0 unspecified atom stereocenters. The molecular weight excluding hydrogens is 1240 g/mol. The summed E-state index contributed by atoms with van der Waals surface area (Å²) in [4.78, 5) is 102. The van der Waals surface area contributed by atoms with Crippen molar-refractivity contribution >= 4 is 104 Å². The lowest BCUT2D eigenvalue weighted by atomic mass is 10.1. The van der Waals surface area contributed by atoms with Gasteiger partial charge in [-0.1, -0.05) is 30.3 Å². The lowest BCUT2D eigenvalue weighted by Crippen LogP contribution is -2.34. The number of hydrogen-bond donors (Lipinski definition) is 5. The van der Waals surface area contributed by atoms with Crippen molar-refractivity contribution in [2.75, 3.05) is 82.9 Å². The highest BCUT2D eigenvalue weighted by Crippen LogP contribution is 2.26. The lowest BCUT2D eigenvalue weighted by molar-refractivity contribution is -0.143. The number of benzene rings is 5. The van der Waals surface area contributed by atoms with E-state index in [2.05, 4.69) is 37.0 Å². The number of rotatable bonds is 26. The zero-order valence-electron chi connectivity index (χ0n) is 55.7. The highest BCUT2D eigenvalue weighted by molar-refractivity contribution is 6.09. The van der Waals surface area contributed by atoms with E-state index in [0.29, 0.717) is 88.4 Å². The average Bonchev–Trinajstić information content (AvgIpc) is 1.62. The van der Waals surface area contributed by atoms with Crippen LogP contribution in [0, 0.1) is 16.7 Å². The molecule has 6 N–H and O–H groups in total. The van der Waals surface area contributed by atoms with Gasteiger partial charge in [0.1, 0.15) is 29.1 Å². The number of nitrogens with two attached hydrogens (primary N) is 1. The van der Waals surface area contributed by atoms with Crippen LogP contribution < -0.4 is 36.4 Å². The summed E-state index contributed by atoms with van der Waals surface area (Å²) < 4.78 is 19.0. The van der Waals surface area contributed by atoms with E-state index in [9.17, 15) is 28.8 Å². The van der Waals surface area contributed by atoms with E-state index >= 15 is 0 Å². The summed E-state index contributed by atoms with van der Waals surface area (Å²) in [6.07, 6.45) is 5.03. The number of pyridine rings is 3. The van der Waals surface area contributed by atoms with Gasteiger partial charge in [0.2, 0.25) is 0 Å². The number of carbonyl (C=O) groups excluding carboxylic acids is 6. The van der Waals surface area contributed by atoms with Gasteiger partial charge in [-0.3, -0.25) is 43.5 Å². The Labute approximate surface area is 567 Å². The van der Waals surface area contributed by atoms with E-state index in [1.807, 2.05) is 71.8 Å². The fraction of sp³-hybridized carbons (Fsp3) is 0.247. The molecule has 0 aliphatic heterocycles. The minimum absolute atomic E-state index is 0.0626. The van der Waals surface area contributed by atoms with Gasteiger partial charge in [0.15, 0.2) is 0 Å². The maximum atomic E-state index is 13.5. The zero-order chi connectivity index (χ0) is 70.1. The third-order valence-corrected chi connectivity index (χ3v) is 15.3. The first-order valence-corrected chi connectivity index (χ1v) is 31.7. The van der Waals surface area contributed by atoms with Crippen molar-refractivity contribution in [3.05, 3.63) is 216 Å². The van der Waals surface area contributed by atoms with Crippen LogP contribution in [0.4, 0.5) is 40.2 Å². The van der Waals surface area contributed by atoms with Gasteiger partial charge in [-0.2, -0.15) is 5.26 Å². The van der Waals surface area contributed by atoms with Gasteiger partial charge in [-0.05, 0) is 161 Å². The summed E-state index contributed by atoms with van der Waals surface area (Å²) in [7, 11) is 5.62. The number of nitrogen functional groups attached to an aromatic ring is 1. The van der Waals surface area contributed by atoms with Crippen molar-refractivity contribution in [3.8, 4) is 6.07 Å². The van der Waals surface area contributed by atoms with Crippen molar-refractivity contribution in [1.82, 2.24) is 34.1 Å². The Balaban J connectivity index is 0.000000191. The lowest BCUT2D eigenvalue weighted by Gasteiger charge is -2.22. The Morgan fingerprint density at radius 2 is 0.888 bits per heavy atom. The van der Waals surface area contributed by atoms with E-state index in [1.165, 1.54) is 14.7 Å². The third kappa shape index (κ3) is 19.2. The Morgan fingerprint density at radius 3 is 1.22 bits per heavy atom. The minimum Gasteiger partial charge on any atom is -0.466 e. The number of carbonyl (C=O) groups is 6. The minimum atomic E-state index is -0.370. The largest absolute Gasteiger partial charge is 0.466 e. The molecule has 0 saturated heterocycles. The molecule has 0 radical (unpaired) electrons. The molecule has 0 aliphatic carbocycles. The molecular formula is C73H78N16O9. The zero-order valence-corrected chi connectivity index (χ0v) is 55.7. The normalized spacial score (nSPS) is 10.6. The van der Waals surface area contributed by atoms with Crippen LogP contribution in [0.1, 0.15) is 101 Å².